The number of urea groups is 1. The number of nitrogens with one attached hydrogen (secondary N) is 2. The standard InChI is InChI=1S/C26H23N3O2S/c30-26(28-18-20-7-6-16-27-17-20)29-23-12-14-24(15-13-23)32(31)19-22-10-4-5-11-25(22)21-8-2-1-3-9-21/h1-17H,18-19H2,(H2,28,29,30). The highest BCUT2D eigenvalue weighted by atomic mass is 32.2. The van der Waals surface area contributed by atoms with E-state index >= 15 is 0 Å². The Kier molecular flexibility index (Phi) is 7.17. The molecule has 0 bridgehead atoms. The zero-order valence-corrected chi connectivity index (χ0v) is 18.2. The van der Waals surface area contributed by atoms with E-state index in [4.69, 9.17) is 0 Å². The van der Waals surface area contributed by atoms with Crippen LogP contribution in [0.3, 0.4) is 0 Å². The van der Waals surface area contributed by atoms with E-state index in [9.17, 15) is 9.35 Å². The van der Waals surface area contributed by atoms with Crippen molar-refractivity contribution in [3.8, 4) is 11.1 Å². The summed E-state index contributed by atoms with van der Waals surface area (Å²) in [5.41, 5.74) is 4.79. The number of benzene rings is 3. The predicted octanol–water partition coefficient (Wildman–Crippen LogP) is 5.38. The molecule has 1 aromatic heterocycles. The van der Waals surface area contributed by atoms with E-state index in [0.29, 0.717) is 22.9 Å². The molecule has 2 amide bonds. The number of rotatable bonds is 7. The van der Waals surface area contributed by atoms with Crippen molar-refractivity contribution in [2.75, 3.05) is 5.32 Å². The molecule has 0 spiro atoms. The van der Waals surface area contributed by atoms with E-state index in [2.05, 4.69) is 33.8 Å². The third-order valence-corrected chi connectivity index (χ3v) is 6.31. The van der Waals surface area contributed by atoms with Gasteiger partial charge >= 0.3 is 6.03 Å². The molecule has 32 heavy (non-hydrogen) atoms. The lowest BCUT2D eigenvalue weighted by atomic mass is 10.0. The van der Waals surface area contributed by atoms with Gasteiger partial charge < -0.3 is 15.2 Å². The predicted molar refractivity (Wildman–Crippen MR) is 129 cm³/mol. The second-order valence-corrected chi connectivity index (χ2v) is 8.66. The van der Waals surface area contributed by atoms with Gasteiger partial charge in [-0.3, -0.25) is 4.98 Å². The van der Waals surface area contributed by atoms with E-state index < -0.39 is 11.2 Å². The first-order chi connectivity index (χ1) is 15.7. The molecule has 0 aliphatic carbocycles. The van der Waals surface area contributed by atoms with Crippen LogP contribution < -0.4 is 10.6 Å². The van der Waals surface area contributed by atoms with Gasteiger partial charge in [0.1, 0.15) is 5.75 Å². The maximum absolute atomic E-state index is 13.0. The fourth-order valence-electron chi connectivity index (χ4n) is 3.32. The largest absolute Gasteiger partial charge is 0.611 e. The lowest BCUT2D eigenvalue weighted by molar-refractivity contribution is 0.251. The van der Waals surface area contributed by atoms with Crippen molar-refractivity contribution in [2.45, 2.75) is 17.2 Å². The molecule has 0 radical (unpaired) electrons. The first kappa shape index (κ1) is 21.6. The van der Waals surface area contributed by atoms with Crippen molar-refractivity contribution in [1.82, 2.24) is 10.3 Å². The topological polar surface area (TPSA) is 77.1 Å². The zero-order chi connectivity index (χ0) is 22.2. The van der Waals surface area contributed by atoms with Crippen molar-refractivity contribution >= 4 is 22.9 Å². The molecule has 0 fully saturated rings. The van der Waals surface area contributed by atoms with E-state index in [1.54, 1.807) is 36.7 Å². The number of amides is 2. The zero-order valence-electron chi connectivity index (χ0n) is 17.4. The van der Waals surface area contributed by atoms with E-state index in [1.807, 2.05) is 48.5 Å². The maximum atomic E-state index is 13.0. The van der Waals surface area contributed by atoms with Gasteiger partial charge in [0, 0.05) is 30.2 Å². The molecule has 1 unspecified atom stereocenters. The number of hydrogen-bond donors (Lipinski definition) is 2. The lowest BCUT2D eigenvalue weighted by Crippen LogP contribution is -2.28. The first-order valence-corrected chi connectivity index (χ1v) is 11.6. The van der Waals surface area contributed by atoms with Gasteiger partial charge in [-0.05, 0) is 58.2 Å². The molecule has 5 nitrogen and oxygen atoms in total. The van der Waals surface area contributed by atoms with Crippen LogP contribution in [0.4, 0.5) is 10.5 Å². The molecule has 0 saturated carbocycles. The van der Waals surface area contributed by atoms with Crippen LogP contribution in [0.5, 0.6) is 0 Å². The monoisotopic (exact) mass is 441 g/mol. The van der Waals surface area contributed by atoms with Crippen molar-refractivity contribution in [3.05, 3.63) is 115 Å². The van der Waals surface area contributed by atoms with Crippen LogP contribution in [0.1, 0.15) is 11.1 Å². The molecular formula is C26H23N3O2S. The molecule has 0 saturated heterocycles. The number of pyridine rings is 1. The average molecular weight is 442 g/mol. The Hall–Kier alpha value is -3.61. The first-order valence-electron chi connectivity index (χ1n) is 10.2. The summed E-state index contributed by atoms with van der Waals surface area (Å²) in [7, 11) is 0. The van der Waals surface area contributed by atoms with Gasteiger partial charge in [-0.2, -0.15) is 0 Å². The fraction of sp³-hybridized carbons (Fsp3) is 0.0769. The van der Waals surface area contributed by atoms with Crippen LogP contribution in [0.15, 0.2) is 108 Å². The van der Waals surface area contributed by atoms with Gasteiger partial charge in [-0.15, -0.1) is 0 Å². The Bertz CT molecular complexity index is 1150. The fourth-order valence-corrected chi connectivity index (χ4v) is 4.46. The minimum atomic E-state index is -1.20. The van der Waals surface area contributed by atoms with Crippen LogP contribution in [-0.4, -0.2) is 15.6 Å². The van der Waals surface area contributed by atoms with Gasteiger partial charge in [-0.1, -0.05) is 60.7 Å². The molecule has 6 heteroatoms. The molecule has 160 valence electrons. The Morgan fingerprint density at radius 1 is 0.875 bits per heavy atom. The SMILES string of the molecule is O=C(NCc1cccnc1)Nc1ccc([S+]([O-])Cc2ccccc2-c2ccccc2)cc1. The summed E-state index contributed by atoms with van der Waals surface area (Å²) in [6.45, 7) is 0.391. The Morgan fingerprint density at radius 3 is 2.38 bits per heavy atom. The van der Waals surface area contributed by atoms with Crippen molar-refractivity contribution < 1.29 is 9.35 Å². The van der Waals surface area contributed by atoms with Gasteiger partial charge in [-0.25, -0.2) is 4.79 Å². The average Bonchev–Trinajstić information content (AvgIpc) is 2.85. The summed E-state index contributed by atoms with van der Waals surface area (Å²) >= 11 is -1.20. The lowest BCUT2D eigenvalue weighted by Gasteiger charge is -2.14. The molecule has 4 rings (SSSR count). The minimum absolute atomic E-state index is 0.306. The number of nitrogens with zero attached hydrogens (tertiary/aromatic N) is 1. The summed E-state index contributed by atoms with van der Waals surface area (Å²) in [5, 5.41) is 5.58. The van der Waals surface area contributed by atoms with Crippen LogP contribution in [0, 0.1) is 0 Å². The summed E-state index contributed by atoms with van der Waals surface area (Å²) in [6, 6.07) is 28.7. The summed E-state index contributed by atoms with van der Waals surface area (Å²) in [4.78, 5) is 16.9. The highest BCUT2D eigenvalue weighted by Crippen LogP contribution is 2.27. The smallest absolute Gasteiger partial charge is 0.319 e. The van der Waals surface area contributed by atoms with Crippen molar-refractivity contribution in [2.24, 2.45) is 0 Å². The Labute approximate surface area is 190 Å². The maximum Gasteiger partial charge on any atom is 0.319 e. The van der Waals surface area contributed by atoms with E-state index in [0.717, 1.165) is 22.3 Å². The molecule has 3 aromatic carbocycles. The van der Waals surface area contributed by atoms with Crippen LogP contribution in [0.25, 0.3) is 11.1 Å². The van der Waals surface area contributed by atoms with Crippen LogP contribution >= 0.6 is 0 Å². The summed E-state index contributed by atoms with van der Waals surface area (Å²) in [5.74, 6) is 0.420. The summed E-state index contributed by atoms with van der Waals surface area (Å²) in [6.07, 6.45) is 3.40. The Morgan fingerprint density at radius 2 is 1.62 bits per heavy atom. The molecule has 1 atom stereocenters. The van der Waals surface area contributed by atoms with Gasteiger partial charge in [0.2, 0.25) is 0 Å². The summed E-state index contributed by atoms with van der Waals surface area (Å²) < 4.78 is 13.0. The second-order valence-electron chi connectivity index (χ2n) is 7.21. The molecule has 2 N–H and O–H groups in total. The Balaban J connectivity index is 1.37. The molecule has 4 aromatic rings. The molecule has 1 heterocycles. The van der Waals surface area contributed by atoms with E-state index in [-0.39, 0.29) is 6.03 Å². The third kappa shape index (κ3) is 5.75. The molecular weight excluding hydrogens is 418 g/mol. The number of carbonyl (C=O) groups is 1. The highest BCUT2D eigenvalue weighted by molar-refractivity contribution is 7.90. The van der Waals surface area contributed by atoms with Crippen LogP contribution in [-0.2, 0) is 23.5 Å². The molecule has 0 aliphatic heterocycles. The van der Waals surface area contributed by atoms with E-state index in [1.165, 1.54) is 0 Å². The van der Waals surface area contributed by atoms with Gasteiger partial charge in [0.25, 0.3) is 0 Å². The van der Waals surface area contributed by atoms with Crippen LogP contribution in [0.2, 0.25) is 0 Å². The minimum Gasteiger partial charge on any atom is -0.611 e. The highest BCUT2D eigenvalue weighted by Gasteiger charge is 2.15. The van der Waals surface area contributed by atoms with Gasteiger partial charge in [0.05, 0.1) is 0 Å². The molecule has 0 aliphatic rings. The second kappa shape index (κ2) is 10.6. The number of carbonyl (C=O) groups excluding carboxylic acids is 1. The van der Waals surface area contributed by atoms with Crippen molar-refractivity contribution in [1.29, 1.82) is 0 Å². The van der Waals surface area contributed by atoms with Crippen molar-refractivity contribution in [3.63, 3.8) is 0 Å². The third-order valence-electron chi connectivity index (χ3n) is 4.94. The number of aromatic nitrogens is 1. The van der Waals surface area contributed by atoms with Gasteiger partial charge in [0.15, 0.2) is 4.90 Å². The normalized spacial score (nSPS) is 11.5. The number of hydrogen-bond acceptors (Lipinski definition) is 3. The quantitative estimate of drug-likeness (QED) is 0.378. The number of anilines is 1.